The van der Waals surface area contributed by atoms with E-state index < -0.39 is 8.03 Å². The van der Waals surface area contributed by atoms with Gasteiger partial charge in [-0.3, -0.25) is 9.36 Å². The van der Waals surface area contributed by atoms with Crippen LogP contribution >= 0.6 is 8.03 Å². The van der Waals surface area contributed by atoms with Crippen molar-refractivity contribution in [2.75, 3.05) is 6.16 Å². The van der Waals surface area contributed by atoms with Gasteiger partial charge in [0, 0.05) is 0 Å². The zero-order valence-corrected chi connectivity index (χ0v) is 5.38. The van der Waals surface area contributed by atoms with E-state index in [0.29, 0.717) is 0 Å². The van der Waals surface area contributed by atoms with Gasteiger partial charge in [0.25, 0.3) is 0 Å². The first-order valence-corrected chi connectivity index (χ1v) is 3.53. The minimum atomic E-state index is -2.47. The second kappa shape index (κ2) is 3.78. The van der Waals surface area contributed by atoms with Crippen molar-refractivity contribution in [2.45, 2.75) is 6.92 Å². The lowest BCUT2D eigenvalue weighted by molar-refractivity contribution is -0.131. The number of rotatable bonds is 3. The van der Waals surface area contributed by atoms with Crippen LogP contribution in [0.2, 0.25) is 0 Å². The third-order valence-electron chi connectivity index (χ3n) is 0.495. The van der Waals surface area contributed by atoms with Gasteiger partial charge >= 0.3 is 0 Å². The Morgan fingerprint density at radius 2 is 2.38 bits per heavy atom. The Morgan fingerprint density at radius 1 is 1.88 bits per heavy atom. The highest BCUT2D eigenvalue weighted by atomic mass is 31.1. The number of carbonyl (C=O) groups is 1. The molecule has 0 radical (unpaired) electrons. The SMILES string of the molecule is CC(=O)C[PH](=O)OO. The maximum Gasteiger partial charge on any atom is 0.231 e. The van der Waals surface area contributed by atoms with E-state index in [9.17, 15) is 9.36 Å². The first-order valence-electron chi connectivity index (χ1n) is 2.00. The van der Waals surface area contributed by atoms with Gasteiger partial charge in [0.05, 0.1) is 6.16 Å². The maximum absolute atomic E-state index is 10.1. The van der Waals surface area contributed by atoms with Crippen molar-refractivity contribution in [1.82, 2.24) is 0 Å². The van der Waals surface area contributed by atoms with E-state index in [4.69, 9.17) is 5.26 Å². The van der Waals surface area contributed by atoms with Gasteiger partial charge in [0.15, 0.2) is 0 Å². The summed E-state index contributed by atoms with van der Waals surface area (Å²) in [5.41, 5.74) is 0. The summed E-state index contributed by atoms with van der Waals surface area (Å²) in [7, 11) is -2.47. The number of carbonyl (C=O) groups excluding carboxylic acids is 1. The van der Waals surface area contributed by atoms with Crippen LogP contribution in [0.1, 0.15) is 6.92 Å². The van der Waals surface area contributed by atoms with Gasteiger partial charge in [-0.25, -0.2) is 5.26 Å². The average molecular weight is 138 g/mol. The molecule has 1 atom stereocenters. The lowest BCUT2D eigenvalue weighted by atomic mass is 10.5. The Hall–Kier alpha value is -0.180. The summed E-state index contributed by atoms with van der Waals surface area (Å²) in [6.07, 6.45) is -0.179. The molecule has 4 nitrogen and oxygen atoms in total. The zero-order valence-electron chi connectivity index (χ0n) is 4.38. The Morgan fingerprint density at radius 3 is 2.50 bits per heavy atom. The number of ketones is 1. The van der Waals surface area contributed by atoms with Crippen LogP contribution in [0.5, 0.6) is 0 Å². The predicted octanol–water partition coefficient (Wildman–Crippen LogP) is 0.540. The number of hydrogen-bond donors (Lipinski definition) is 1. The van der Waals surface area contributed by atoms with Crippen LogP contribution in [-0.4, -0.2) is 17.2 Å². The molecule has 0 aromatic rings. The average Bonchev–Trinajstić information content (AvgIpc) is 1.65. The lowest BCUT2D eigenvalue weighted by Gasteiger charge is -1.89. The fourth-order valence-electron chi connectivity index (χ4n) is 0.236. The molecule has 5 heteroatoms. The van der Waals surface area contributed by atoms with Crippen molar-refractivity contribution in [1.29, 1.82) is 0 Å². The fourth-order valence-corrected chi connectivity index (χ4v) is 0.707. The standard InChI is InChI=1S/C3H7O4P/c1-3(4)2-8(6)7-5/h5,8H,2H2,1H3. The molecular weight excluding hydrogens is 131 g/mol. The van der Waals surface area contributed by atoms with Gasteiger partial charge in [-0.2, -0.15) is 4.67 Å². The normalized spacial score (nSPS) is 13.2. The van der Waals surface area contributed by atoms with Gasteiger partial charge in [0.2, 0.25) is 8.03 Å². The molecule has 0 heterocycles. The number of hydrogen-bond acceptors (Lipinski definition) is 4. The molecule has 0 rings (SSSR count). The van der Waals surface area contributed by atoms with Gasteiger partial charge in [-0.1, -0.05) is 0 Å². The molecule has 1 N–H and O–H groups in total. The van der Waals surface area contributed by atoms with Crippen molar-refractivity contribution in [2.24, 2.45) is 0 Å². The zero-order chi connectivity index (χ0) is 6.57. The Labute approximate surface area is 47.3 Å². The lowest BCUT2D eigenvalue weighted by Crippen LogP contribution is -1.92. The summed E-state index contributed by atoms with van der Waals surface area (Å²) >= 11 is 0. The van der Waals surface area contributed by atoms with Gasteiger partial charge in [-0.05, 0) is 6.92 Å². The summed E-state index contributed by atoms with van der Waals surface area (Å²) in [4.78, 5) is 10.0. The van der Waals surface area contributed by atoms with Crippen LogP contribution < -0.4 is 0 Å². The van der Waals surface area contributed by atoms with Crippen LogP contribution in [0, 0.1) is 0 Å². The van der Waals surface area contributed by atoms with E-state index in [1.807, 2.05) is 0 Å². The summed E-state index contributed by atoms with van der Waals surface area (Å²) in [6, 6.07) is 0. The molecule has 0 saturated heterocycles. The fraction of sp³-hybridized carbons (Fsp3) is 0.667. The molecule has 0 fully saturated rings. The van der Waals surface area contributed by atoms with Crippen molar-refractivity contribution in [3.63, 3.8) is 0 Å². The smallest absolute Gasteiger partial charge is 0.231 e. The summed E-state index contributed by atoms with van der Waals surface area (Å²) in [5, 5.41) is 7.66. The quantitative estimate of drug-likeness (QED) is 0.351. The molecule has 0 aromatic heterocycles. The second-order valence-corrected chi connectivity index (χ2v) is 2.62. The first-order chi connectivity index (χ1) is 3.66. The van der Waals surface area contributed by atoms with Crippen molar-refractivity contribution in [3.8, 4) is 0 Å². The molecule has 8 heavy (non-hydrogen) atoms. The van der Waals surface area contributed by atoms with E-state index >= 15 is 0 Å². The minimum absolute atomic E-state index is 0.179. The van der Waals surface area contributed by atoms with Crippen LogP contribution in [-0.2, 0) is 14.0 Å². The molecule has 1 unspecified atom stereocenters. The maximum atomic E-state index is 10.1. The highest BCUT2D eigenvalue weighted by molar-refractivity contribution is 7.40. The molecule has 0 amide bonds. The molecule has 0 aromatic carbocycles. The first kappa shape index (κ1) is 7.82. The highest BCUT2D eigenvalue weighted by Crippen LogP contribution is 2.18. The molecule has 0 aliphatic carbocycles. The molecule has 0 spiro atoms. The van der Waals surface area contributed by atoms with Crippen molar-refractivity contribution in [3.05, 3.63) is 0 Å². The monoisotopic (exact) mass is 138 g/mol. The predicted molar refractivity (Wildman–Crippen MR) is 28.3 cm³/mol. The van der Waals surface area contributed by atoms with Gasteiger partial charge in [-0.15, -0.1) is 0 Å². The molecule has 48 valence electrons. The Kier molecular flexibility index (Phi) is 3.69. The number of Topliss-reactive ketones (excluding diaryl/α,β-unsaturated/α-hetero) is 1. The Bertz CT molecular complexity index is 110. The van der Waals surface area contributed by atoms with Crippen LogP contribution in [0.3, 0.4) is 0 Å². The molecule has 0 aliphatic heterocycles. The largest absolute Gasteiger partial charge is 0.299 e. The van der Waals surface area contributed by atoms with Gasteiger partial charge in [0.1, 0.15) is 5.78 Å². The van der Waals surface area contributed by atoms with E-state index in [1.54, 1.807) is 0 Å². The molecule has 0 bridgehead atoms. The van der Waals surface area contributed by atoms with E-state index in [2.05, 4.69) is 4.67 Å². The summed E-state index contributed by atoms with van der Waals surface area (Å²) in [6.45, 7) is 1.28. The Balaban J connectivity index is 3.40. The summed E-state index contributed by atoms with van der Waals surface area (Å²) < 4.78 is 13.5. The molecule has 0 saturated carbocycles. The van der Waals surface area contributed by atoms with Crippen LogP contribution in [0.4, 0.5) is 0 Å². The minimum Gasteiger partial charge on any atom is -0.299 e. The van der Waals surface area contributed by atoms with Crippen LogP contribution in [0.15, 0.2) is 0 Å². The second-order valence-electron chi connectivity index (χ2n) is 1.34. The topological polar surface area (TPSA) is 63.6 Å². The van der Waals surface area contributed by atoms with E-state index in [0.717, 1.165) is 0 Å². The highest BCUT2D eigenvalue weighted by Gasteiger charge is 2.00. The van der Waals surface area contributed by atoms with Crippen molar-refractivity contribution >= 4 is 13.8 Å². The molecular formula is C3H7O4P. The summed E-state index contributed by atoms with van der Waals surface area (Å²) in [5.74, 6) is -0.247. The van der Waals surface area contributed by atoms with E-state index in [-0.39, 0.29) is 11.9 Å². The van der Waals surface area contributed by atoms with Crippen molar-refractivity contribution < 1.29 is 19.3 Å². The van der Waals surface area contributed by atoms with Crippen LogP contribution in [0.25, 0.3) is 0 Å². The van der Waals surface area contributed by atoms with E-state index in [1.165, 1.54) is 6.92 Å². The third kappa shape index (κ3) is 3.99. The van der Waals surface area contributed by atoms with Gasteiger partial charge < -0.3 is 0 Å². The third-order valence-corrected chi connectivity index (χ3v) is 1.49. The molecule has 0 aliphatic rings.